The smallest absolute Gasteiger partial charge is 0.269 e. The van der Waals surface area contributed by atoms with E-state index in [1.165, 1.54) is 12.1 Å². The number of nitro benzene ring substituents is 1. The number of rotatable bonds is 5. The SMILES string of the molecule is COc1cc(OC)cc(-c2nn(-c3ccc([N+](=O)[O-])cc3)c3c2CCN3)c1. The minimum absolute atomic E-state index is 0.0493. The summed E-state index contributed by atoms with van der Waals surface area (Å²) in [6.07, 6.45) is 0.844. The molecule has 0 bridgehead atoms. The summed E-state index contributed by atoms with van der Waals surface area (Å²) < 4.78 is 12.5. The van der Waals surface area contributed by atoms with Crippen molar-refractivity contribution in [2.45, 2.75) is 6.42 Å². The molecule has 0 amide bonds. The Bertz CT molecular complexity index is 989. The van der Waals surface area contributed by atoms with E-state index >= 15 is 0 Å². The van der Waals surface area contributed by atoms with Crippen molar-refractivity contribution in [3.8, 4) is 28.4 Å². The molecular weight excluding hydrogens is 348 g/mol. The van der Waals surface area contributed by atoms with E-state index < -0.39 is 4.92 Å². The number of benzene rings is 2. The van der Waals surface area contributed by atoms with E-state index in [9.17, 15) is 10.1 Å². The second-order valence-corrected chi connectivity index (χ2v) is 6.14. The summed E-state index contributed by atoms with van der Waals surface area (Å²) in [5, 5.41) is 19.0. The third kappa shape index (κ3) is 2.95. The number of anilines is 1. The van der Waals surface area contributed by atoms with Crippen molar-refractivity contribution in [3.63, 3.8) is 0 Å². The van der Waals surface area contributed by atoms with Crippen LogP contribution in [0.1, 0.15) is 5.56 Å². The summed E-state index contributed by atoms with van der Waals surface area (Å²) in [6, 6.07) is 12.0. The van der Waals surface area contributed by atoms with E-state index in [0.717, 1.165) is 41.3 Å². The Kier molecular flexibility index (Phi) is 4.15. The molecule has 2 heterocycles. The zero-order valence-corrected chi connectivity index (χ0v) is 14.9. The van der Waals surface area contributed by atoms with E-state index in [0.29, 0.717) is 11.5 Å². The number of nitrogens with one attached hydrogen (secondary N) is 1. The molecule has 3 aromatic rings. The topological polar surface area (TPSA) is 91.5 Å². The molecule has 8 nitrogen and oxygen atoms in total. The van der Waals surface area contributed by atoms with Crippen molar-refractivity contribution in [3.05, 3.63) is 58.1 Å². The van der Waals surface area contributed by atoms with Crippen LogP contribution < -0.4 is 14.8 Å². The van der Waals surface area contributed by atoms with Crippen LogP contribution in [-0.4, -0.2) is 35.5 Å². The highest BCUT2D eigenvalue weighted by atomic mass is 16.6. The lowest BCUT2D eigenvalue weighted by molar-refractivity contribution is -0.384. The predicted molar refractivity (Wildman–Crippen MR) is 101 cm³/mol. The van der Waals surface area contributed by atoms with E-state index in [1.807, 2.05) is 18.2 Å². The van der Waals surface area contributed by atoms with Gasteiger partial charge < -0.3 is 14.8 Å². The van der Waals surface area contributed by atoms with Crippen LogP contribution in [0.25, 0.3) is 16.9 Å². The van der Waals surface area contributed by atoms with E-state index in [4.69, 9.17) is 14.6 Å². The molecule has 0 aliphatic carbocycles. The molecule has 1 aliphatic heterocycles. The molecular formula is C19H18N4O4. The third-order valence-electron chi connectivity index (χ3n) is 4.58. The molecule has 8 heteroatoms. The minimum atomic E-state index is -0.413. The fraction of sp³-hybridized carbons (Fsp3) is 0.211. The lowest BCUT2D eigenvalue weighted by Crippen LogP contribution is -2.04. The Morgan fingerprint density at radius 1 is 1.11 bits per heavy atom. The molecule has 0 fully saturated rings. The van der Waals surface area contributed by atoms with Crippen LogP contribution in [0.2, 0.25) is 0 Å². The first-order valence-electron chi connectivity index (χ1n) is 8.44. The highest BCUT2D eigenvalue weighted by molar-refractivity contribution is 5.74. The van der Waals surface area contributed by atoms with Crippen LogP contribution in [0.4, 0.5) is 11.5 Å². The van der Waals surface area contributed by atoms with Gasteiger partial charge in [0.1, 0.15) is 17.3 Å². The largest absolute Gasteiger partial charge is 0.497 e. The maximum Gasteiger partial charge on any atom is 0.269 e. The first-order chi connectivity index (χ1) is 13.1. The van der Waals surface area contributed by atoms with Gasteiger partial charge in [-0.15, -0.1) is 0 Å². The first kappa shape index (κ1) is 16.9. The average Bonchev–Trinajstić information content (AvgIpc) is 3.30. The molecule has 27 heavy (non-hydrogen) atoms. The number of methoxy groups -OCH3 is 2. The van der Waals surface area contributed by atoms with Crippen LogP contribution in [0.3, 0.4) is 0 Å². The molecule has 0 radical (unpaired) electrons. The van der Waals surface area contributed by atoms with Crippen molar-refractivity contribution in [1.29, 1.82) is 0 Å². The molecule has 0 saturated carbocycles. The molecule has 0 atom stereocenters. The molecule has 1 aliphatic rings. The van der Waals surface area contributed by atoms with Gasteiger partial charge in [-0.25, -0.2) is 4.68 Å². The molecule has 2 aromatic carbocycles. The number of ether oxygens (including phenoxy) is 2. The Hall–Kier alpha value is -3.55. The number of non-ortho nitro benzene ring substituents is 1. The zero-order valence-electron chi connectivity index (χ0n) is 14.9. The van der Waals surface area contributed by atoms with Gasteiger partial charge in [0.15, 0.2) is 0 Å². The van der Waals surface area contributed by atoms with Crippen LogP contribution >= 0.6 is 0 Å². The summed E-state index contributed by atoms with van der Waals surface area (Å²) in [6.45, 7) is 0.814. The molecule has 0 unspecified atom stereocenters. The second-order valence-electron chi connectivity index (χ2n) is 6.14. The van der Waals surface area contributed by atoms with Gasteiger partial charge in [0.2, 0.25) is 0 Å². The number of hydrogen-bond donors (Lipinski definition) is 1. The summed E-state index contributed by atoms with van der Waals surface area (Å²) >= 11 is 0. The fourth-order valence-electron chi connectivity index (χ4n) is 3.25. The molecule has 1 N–H and O–H groups in total. The predicted octanol–water partition coefficient (Wildman–Crippen LogP) is 3.43. The Morgan fingerprint density at radius 2 is 1.78 bits per heavy atom. The lowest BCUT2D eigenvalue weighted by atomic mass is 10.1. The van der Waals surface area contributed by atoms with Gasteiger partial charge in [-0.05, 0) is 30.7 Å². The minimum Gasteiger partial charge on any atom is -0.497 e. The highest BCUT2D eigenvalue weighted by Crippen LogP contribution is 2.37. The van der Waals surface area contributed by atoms with E-state index in [1.54, 1.807) is 31.0 Å². The quantitative estimate of drug-likeness (QED) is 0.549. The zero-order chi connectivity index (χ0) is 19.0. The van der Waals surface area contributed by atoms with Gasteiger partial charge >= 0.3 is 0 Å². The average molecular weight is 366 g/mol. The van der Waals surface area contributed by atoms with E-state index in [-0.39, 0.29) is 5.69 Å². The van der Waals surface area contributed by atoms with Gasteiger partial charge in [-0.1, -0.05) is 0 Å². The Balaban J connectivity index is 1.83. The van der Waals surface area contributed by atoms with Gasteiger partial charge in [-0.2, -0.15) is 5.10 Å². The molecule has 138 valence electrons. The summed E-state index contributed by atoms with van der Waals surface area (Å²) in [4.78, 5) is 10.5. The monoisotopic (exact) mass is 366 g/mol. The number of nitro groups is 1. The number of nitrogens with zero attached hydrogens (tertiary/aromatic N) is 3. The second kappa shape index (κ2) is 6.64. The molecule has 0 saturated heterocycles. The van der Waals surface area contributed by atoms with Crippen molar-refractivity contribution in [1.82, 2.24) is 9.78 Å². The standard InChI is InChI=1S/C19H18N4O4/c1-26-15-9-12(10-16(11-15)27-2)18-17-7-8-20-19(17)22(21-18)13-3-5-14(6-4-13)23(24)25/h3-6,9-11,20H,7-8H2,1-2H3. The third-order valence-corrected chi connectivity index (χ3v) is 4.58. The van der Waals surface area contributed by atoms with Crippen molar-refractivity contribution < 1.29 is 14.4 Å². The van der Waals surface area contributed by atoms with Crippen LogP contribution in [0.15, 0.2) is 42.5 Å². The highest BCUT2D eigenvalue weighted by Gasteiger charge is 2.24. The van der Waals surface area contributed by atoms with Gasteiger partial charge in [0.05, 0.1) is 30.5 Å². The van der Waals surface area contributed by atoms with Crippen LogP contribution in [-0.2, 0) is 6.42 Å². The van der Waals surface area contributed by atoms with Crippen LogP contribution in [0, 0.1) is 10.1 Å². The fourth-order valence-corrected chi connectivity index (χ4v) is 3.25. The normalized spacial score (nSPS) is 12.4. The van der Waals surface area contributed by atoms with Crippen molar-refractivity contribution >= 4 is 11.5 Å². The summed E-state index contributed by atoms with van der Waals surface area (Å²) in [7, 11) is 3.22. The summed E-state index contributed by atoms with van der Waals surface area (Å²) in [5.41, 5.74) is 3.64. The van der Waals surface area contributed by atoms with E-state index in [2.05, 4.69) is 5.32 Å². The Morgan fingerprint density at radius 3 is 2.37 bits per heavy atom. The molecule has 0 spiro atoms. The van der Waals surface area contributed by atoms with Gasteiger partial charge in [0.25, 0.3) is 5.69 Å². The number of hydrogen-bond acceptors (Lipinski definition) is 6. The maximum absolute atomic E-state index is 10.9. The lowest BCUT2D eigenvalue weighted by Gasteiger charge is -2.08. The summed E-state index contributed by atoms with van der Waals surface area (Å²) in [5.74, 6) is 2.28. The van der Waals surface area contributed by atoms with Crippen LogP contribution in [0.5, 0.6) is 11.5 Å². The van der Waals surface area contributed by atoms with Crippen molar-refractivity contribution in [2.24, 2.45) is 0 Å². The molecule has 4 rings (SSSR count). The number of aromatic nitrogens is 2. The van der Waals surface area contributed by atoms with Crippen molar-refractivity contribution in [2.75, 3.05) is 26.1 Å². The Labute approximate surface area is 155 Å². The maximum atomic E-state index is 10.9. The molecule has 1 aromatic heterocycles. The van der Waals surface area contributed by atoms with Gasteiger partial charge in [-0.3, -0.25) is 10.1 Å². The van der Waals surface area contributed by atoms with Gasteiger partial charge in [0, 0.05) is 35.9 Å². The number of fused-ring (bicyclic) bond motifs is 1. The first-order valence-corrected chi connectivity index (χ1v) is 8.44.